The minimum absolute atomic E-state index is 0. The Bertz CT molecular complexity index is 317. The van der Waals surface area contributed by atoms with Crippen molar-refractivity contribution < 1.29 is 66.5 Å². The van der Waals surface area contributed by atoms with E-state index in [1.807, 2.05) is 0 Å². The smallest absolute Gasteiger partial charge is 0.550 e. The fraction of sp³-hybridized carbons (Fsp3) is 0.500. The maximum absolute atomic E-state index is 9.83. The van der Waals surface area contributed by atoms with Gasteiger partial charge in [-0.1, -0.05) is 0 Å². The Labute approximate surface area is 142 Å². The predicted molar refractivity (Wildman–Crippen MR) is 60.9 cm³/mol. The van der Waals surface area contributed by atoms with E-state index in [4.69, 9.17) is 0 Å². The van der Waals surface area contributed by atoms with Crippen molar-refractivity contribution >= 4 is 35.3 Å². The van der Waals surface area contributed by atoms with Crippen molar-refractivity contribution in [2.75, 3.05) is 0 Å². The van der Waals surface area contributed by atoms with Crippen LogP contribution in [0.1, 0.15) is 40.0 Å². The van der Waals surface area contributed by atoms with Crippen molar-refractivity contribution in [1.82, 2.24) is 0 Å². The summed E-state index contributed by atoms with van der Waals surface area (Å²) in [4.78, 5) is 57.9. The molecule has 0 saturated carbocycles. The van der Waals surface area contributed by atoms with Crippen LogP contribution in [-0.4, -0.2) is 35.3 Å². The van der Waals surface area contributed by atoms with E-state index in [1.165, 1.54) is 20.8 Å². The normalized spacial score (nSPS) is 7.77. The Hall–Kier alpha value is -1.84. The van der Waals surface area contributed by atoms with Crippen LogP contribution >= 0.6 is 0 Å². The van der Waals surface area contributed by atoms with Gasteiger partial charge < -0.3 is 29.7 Å². The molecule has 0 aliphatic rings. The van der Waals surface area contributed by atoms with Gasteiger partial charge in [-0.3, -0.25) is 14.4 Å². The van der Waals surface area contributed by atoms with Gasteiger partial charge in [-0.25, -0.2) is 0 Å². The molecule has 0 aromatic carbocycles. The van der Waals surface area contributed by atoms with Crippen LogP contribution in [-0.2, 0) is 51.1 Å². The number of carboxylic acid groups (broad SMARTS) is 3. The number of aliphatic carboxylic acids is 3. The van der Waals surface area contributed by atoms with E-state index in [9.17, 15) is 44.1 Å². The topological polar surface area (TPSA) is 172 Å². The fourth-order valence-corrected chi connectivity index (χ4v) is 0.610. The molecular formula is C12H15NbO9. The van der Waals surface area contributed by atoms with Crippen LogP contribution in [0.3, 0.4) is 0 Å². The molecule has 0 atom stereocenters. The molecule has 0 bridgehead atoms. The molecule has 0 heterocycles. The molecule has 22 heavy (non-hydrogen) atoms. The number of Topliss-reactive ketones (excluding diaryl/α,β-unsaturated/α-hetero) is 3. The molecule has 0 unspecified atom stereocenters. The molecule has 122 valence electrons. The van der Waals surface area contributed by atoms with E-state index in [2.05, 4.69) is 0 Å². The first-order valence-electron chi connectivity index (χ1n) is 5.46. The minimum Gasteiger partial charge on any atom is -0.550 e. The molecule has 0 rings (SSSR count). The van der Waals surface area contributed by atoms with Gasteiger partial charge in [0.25, 0.3) is 0 Å². The van der Waals surface area contributed by atoms with E-state index in [1.54, 1.807) is 0 Å². The van der Waals surface area contributed by atoms with Gasteiger partial charge in [0.2, 0.25) is 0 Å². The number of carboxylic acids is 3. The van der Waals surface area contributed by atoms with Gasteiger partial charge in [0, 0.05) is 37.2 Å². The molecule has 0 amide bonds. The summed E-state index contributed by atoms with van der Waals surface area (Å²) in [5.41, 5.74) is 0. The summed E-state index contributed by atoms with van der Waals surface area (Å²) in [5, 5.41) is 28.4. The van der Waals surface area contributed by atoms with Crippen LogP contribution in [0.25, 0.3) is 0 Å². The zero-order valence-corrected chi connectivity index (χ0v) is 14.4. The quantitative estimate of drug-likeness (QED) is 0.322. The molecule has 0 saturated heterocycles. The Morgan fingerprint density at radius 1 is 0.545 bits per heavy atom. The Balaban J connectivity index is -0.000000108. The summed E-state index contributed by atoms with van der Waals surface area (Å²) in [7, 11) is 0. The largest absolute Gasteiger partial charge is 3.00 e. The van der Waals surface area contributed by atoms with Gasteiger partial charge in [0.15, 0.2) is 0 Å². The summed E-state index contributed by atoms with van der Waals surface area (Å²) in [6.45, 7) is 3.61. The Morgan fingerprint density at radius 3 is 0.682 bits per heavy atom. The molecule has 0 N–H and O–H groups in total. The van der Waals surface area contributed by atoms with E-state index < -0.39 is 37.2 Å². The van der Waals surface area contributed by atoms with Gasteiger partial charge in [-0.2, -0.15) is 0 Å². The third-order valence-electron chi connectivity index (χ3n) is 1.18. The monoisotopic (exact) mass is 396 g/mol. The van der Waals surface area contributed by atoms with Crippen molar-refractivity contribution in [3.63, 3.8) is 0 Å². The van der Waals surface area contributed by atoms with Crippen molar-refractivity contribution in [1.29, 1.82) is 0 Å². The van der Waals surface area contributed by atoms with E-state index in [0.29, 0.717) is 0 Å². The predicted octanol–water partition coefficient (Wildman–Crippen LogP) is -3.86. The second kappa shape index (κ2) is 17.2. The molecule has 0 radical (unpaired) electrons. The Morgan fingerprint density at radius 2 is 0.682 bits per heavy atom. The van der Waals surface area contributed by atoms with Crippen molar-refractivity contribution in [2.24, 2.45) is 0 Å². The molecule has 10 heteroatoms. The van der Waals surface area contributed by atoms with Gasteiger partial charge in [0.05, 0.1) is 0 Å². The first-order valence-corrected chi connectivity index (χ1v) is 5.46. The van der Waals surface area contributed by atoms with E-state index in [0.717, 1.165) is 0 Å². The molecule has 0 fully saturated rings. The SMILES string of the molecule is CC(=O)CC(=O)[O-].CC(=O)CC(=O)[O-].CC(=O)CC(=O)[O-].[Nb+3]. The molecule has 0 aliphatic carbocycles. The molecule has 0 aromatic rings. The van der Waals surface area contributed by atoms with E-state index >= 15 is 0 Å². The average Bonchev–Trinajstić information content (AvgIpc) is 2.10. The first-order chi connectivity index (χ1) is 9.38. The van der Waals surface area contributed by atoms with Gasteiger partial charge >= 0.3 is 22.4 Å². The number of carbonyl (C=O) groups is 6. The number of ketones is 3. The minimum atomic E-state index is -1.31. The van der Waals surface area contributed by atoms with Crippen molar-refractivity contribution in [3.05, 3.63) is 0 Å². The molecule has 0 aliphatic heterocycles. The zero-order valence-electron chi connectivity index (χ0n) is 12.2. The number of carbonyl (C=O) groups excluding carboxylic acids is 6. The summed E-state index contributed by atoms with van der Waals surface area (Å²) in [6, 6.07) is 0. The van der Waals surface area contributed by atoms with Crippen molar-refractivity contribution in [2.45, 2.75) is 40.0 Å². The van der Waals surface area contributed by atoms with Crippen LogP contribution in [0.2, 0.25) is 0 Å². The van der Waals surface area contributed by atoms with Crippen LogP contribution in [0.4, 0.5) is 0 Å². The number of hydrogen-bond donors (Lipinski definition) is 0. The van der Waals surface area contributed by atoms with Gasteiger partial charge in [0.1, 0.15) is 17.3 Å². The van der Waals surface area contributed by atoms with Crippen LogP contribution < -0.4 is 15.3 Å². The van der Waals surface area contributed by atoms with Crippen LogP contribution in [0.5, 0.6) is 0 Å². The Kier molecular flexibility index (Phi) is 22.2. The number of hydrogen-bond acceptors (Lipinski definition) is 9. The average molecular weight is 396 g/mol. The maximum atomic E-state index is 9.83. The summed E-state index contributed by atoms with van der Waals surface area (Å²) in [6.07, 6.45) is -1.42. The maximum Gasteiger partial charge on any atom is 3.00 e. The first kappa shape index (κ1) is 28.3. The zero-order chi connectivity index (χ0) is 17.6. The molecular weight excluding hydrogens is 381 g/mol. The summed E-state index contributed by atoms with van der Waals surface area (Å²) in [5.74, 6) is -5.06. The fourth-order valence-electron chi connectivity index (χ4n) is 0.610. The second-order valence-corrected chi connectivity index (χ2v) is 3.75. The van der Waals surface area contributed by atoms with Crippen LogP contribution in [0, 0.1) is 0 Å². The van der Waals surface area contributed by atoms with E-state index in [-0.39, 0.29) is 39.7 Å². The molecule has 9 nitrogen and oxygen atoms in total. The standard InChI is InChI=1S/3C4H6O3.Nb/c3*1-3(5)2-4(6)7;/h3*2H2,1H3,(H,6,7);/q;;;+3/p-3. The van der Waals surface area contributed by atoms with Gasteiger partial charge in [-0.15, -0.1) is 0 Å². The number of rotatable bonds is 6. The molecule has 0 spiro atoms. The second-order valence-electron chi connectivity index (χ2n) is 3.75. The van der Waals surface area contributed by atoms with Crippen LogP contribution in [0.15, 0.2) is 0 Å². The van der Waals surface area contributed by atoms with Gasteiger partial charge in [-0.05, 0) is 20.8 Å². The summed E-state index contributed by atoms with van der Waals surface area (Å²) < 4.78 is 0. The summed E-state index contributed by atoms with van der Waals surface area (Å²) >= 11 is 0. The molecule has 0 aromatic heterocycles. The third kappa shape index (κ3) is 51.8. The van der Waals surface area contributed by atoms with Crippen molar-refractivity contribution in [3.8, 4) is 0 Å². The third-order valence-corrected chi connectivity index (χ3v) is 1.18.